The number of anilines is 1. The van der Waals surface area contributed by atoms with Gasteiger partial charge in [-0.15, -0.1) is 0 Å². The molecule has 0 spiro atoms. The first-order valence-electron chi connectivity index (χ1n) is 6.99. The zero-order valence-corrected chi connectivity index (χ0v) is 12.8. The van der Waals surface area contributed by atoms with Gasteiger partial charge in [-0.3, -0.25) is 4.79 Å². The van der Waals surface area contributed by atoms with Crippen LogP contribution in [0.4, 0.5) is 10.5 Å². The molecule has 0 aromatic heterocycles. The third-order valence-electron chi connectivity index (χ3n) is 2.88. The lowest BCUT2D eigenvalue weighted by Gasteiger charge is -2.23. The quantitative estimate of drug-likeness (QED) is 0.743. The number of carbonyl (C=O) groups is 2. The van der Waals surface area contributed by atoms with Gasteiger partial charge in [0.05, 0.1) is 0 Å². The topological polar surface area (TPSA) is 101 Å². The standard InChI is InChI=1S/C15H24N4O2/c1-10(2)8-19(9-14(17)20)15(21)18-13-6-4-5-12(7-13)11(3)16/h4-7,10-11H,8-9,16H2,1-3H3,(H2,17,20)(H,18,21). The first-order valence-corrected chi connectivity index (χ1v) is 6.99. The summed E-state index contributed by atoms with van der Waals surface area (Å²) in [7, 11) is 0. The summed E-state index contributed by atoms with van der Waals surface area (Å²) in [4.78, 5) is 24.7. The van der Waals surface area contributed by atoms with Crippen molar-refractivity contribution < 1.29 is 9.59 Å². The average Bonchev–Trinajstić information content (AvgIpc) is 2.37. The van der Waals surface area contributed by atoms with Crippen LogP contribution in [0.5, 0.6) is 0 Å². The molecular weight excluding hydrogens is 268 g/mol. The first-order chi connectivity index (χ1) is 9.79. The smallest absolute Gasteiger partial charge is 0.322 e. The molecule has 0 aliphatic heterocycles. The number of primary amides is 1. The summed E-state index contributed by atoms with van der Waals surface area (Å²) in [5.74, 6) is -0.291. The van der Waals surface area contributed by atoms with Crippen molar-refractivity contribution in [2.24, 2.45) is 17.4 Å². The molecule has 1 aromatic rings. The van der Waals surface area contributed by atoms with Crippen LogP contribution in [-0.4, -0.2) is 29.9 Å². The number of nitrogens with zero attached hydrogens (tertiary/aromatic N) is 1. The Balaban J connectivity index is 2.80. The molecule has 0 radical (unpaired) electrons. The fraction of sp³-hybridized carbons (Fsp3) is 0.467. The van der Waals surface area contributed by atoms with E-state index in [9.17, 15) is 9.59 Å². The van der Waals surface area contributed by atoms with Gasteiger partial charge in [0.25, 0.3) is 0 Å². The number of hydrogen-bond acceptors (Lipinski definition) is 3. The Morgan fingerprint density at radius 3 is 2.48 bits per heavy atom. The molecule has 0 bridgehead atoms. The van der Waals surface area contributed by atoms with Crippen molar-refractivity contribution in [2.75, 3.05) is 18.4 Å². The molecule has 0 saturated carbocycles. The van der Waals surface area contributed by atoms with Gasteiger partial charge >= 0.3 is 6.03 Å². The van der Waals surface area contributed by atoms with Crippen LogP contribution in [0.25, 0.3) is 0 Å². The summed E-state index contributed by atoms with van der Waals surface area (Å²) in [6, 6.07) is 6.87. The monoisotopic (exact) mass is 292 g/mol. The van der Waals surface area contributed by atoms with Gasteiger partial charge < -0.3 is 21.7 Å². The molecule has 0 heterocycles. The third-order valence-corrected chi connectivity index (χ3v) is 2.88. The second-order valence-corrected chi connectivity index (χ2v) is 5.58. The fourth-order valence-corrected chi connectivity index (χ4v) is 1.95. The van der Waals surface area contributed by atoms with Gasteiger partial charge in [-0.05, 0) is 30.5 Å². The molecule has 5 N–H and O–H groups in total. The minimum Gasteiger partial charge on any atom is -0.368 e. The molecule has 1 rings (SSSR count). The van der Waals surface area contributed by atoms with Crippen LogP contribution in [0.2, 0.25) is 0 Å². The molecule has 1 unspecified atom stereocenters. The highest BCUT2D eigenvalue weighted by Crippen LogP contribution is 2.16. The van der Waals surface area contributed by atoms with E-state index in [2.05, 4.69) is 5.32 Å². The van der Waals surface area contributed by atoms with E-state index < -0.39 is 5.91 Å². The Morgan fingerprint density at radius 2 is 1.95 bits per heavy atom. The second kappa shape index (κ2) is 7.64. The fourth-order valence-electron chi connectivity index (χ4n) is 1.95. The molecule has 6 heteroatoms. The van der Waals surface area contributed by atoms with Gasteiger partial charge in [-0.25, -0.2) is 4.79 Å². The maximum Gasteiger partial charge on any atom is 0.322 e. The molecule has 21 heavy (non-hydrogen) atoms. The zero-order chi connectivity index (χ0) is 16.0. The van der Waals surface area contributed by atoms with Gasteiger partial charge in [0, 0.05) is 18.3 Å². The third kappa shape index (κ3) is 5.83. The van der Waals surface area contributed by atoms with Gasteiger partial charge in [0.15, 0.2) is 0 Å². The minimum absolute atomic E-state index is 0.100. The average molecular weight is 292 g/mol. The summed E-state index contributed by atoms with van der Waals surface area (Å²) >= 11 is 0. The maximum atomic E-state index is 12.2. The number of nitrogens with two attached hydrogens (primary N) is 2. The van der Waals surface area contributed by atoms with Crippen LogP contribution in [0.15, 0.2) is 24.3 Å². The lowest BCUT2D eigenvalue weighted by molar-refractivity contribution is -0.118. The van der Waals surface area contributed by atoms with Crippen molar-refractivity contribution in [3.05, 3.63) is 29.8 Å². The van der Waals surface area contributed by atoms with Crippen molar-refractivity contribution in [1.82, 2.24) is 4.90 Å². The SMILES string of the molecule is CC(C)CN(CC(N)=O)C(=O)Nc1cccc(C(C)N)c1. The van der Waals surface area contributed by atoms with E-state index in [1.54, 1.807) is 6.07 Å². The summed E-state index contributed by atoms with van der Waals surface area (Å²) in [5, 5.41) is 2.77. The van der Waals surface area contributed by atoms with Gasteiger partial charge in [-0.1, -0.05) is 26.0 Å². The van der Waals surface area contributed by atoms with Gasteiger partial charge in [-0.2, -0.15) is 0 Å². The van der Waals surface area contributed by atoms with E-state index in [4.69, 9.17) is 11.5 Å². The van der Waals surface area contributed by atoms with Crippen molar-refractivity contribution in [2.45, 2.75) is 26.8 Å². The van der Waals surface area contributed by atoms with Crippen molar-refractivity contribution in [3.63, 3.8) is 0 Å². The largest absolute Gasteiger partial charge is 0.368 e. The molecule has 0 aliphatic carbocycles. The van der Waals surface area contributed by atoms with Crippen molar-refractivity contribution >= 4 is 17.6 Å². The Labute approximate surface area is 125 Å². The van der Waals surface area contributed by atoms with E-state index in [-0.39, 0.29) is 24.5 Å². The van der Waals surface area contributed by atoms with E-state index in [0.717, 1.165) is 5.56 Å². The van der Waals surface area contributed by atoms with E-state index in [1.807, 2.05) is 39.0 Å². The Hall–Kier alpha value is -2.08. The predicted molar refractivity (Wildman–Crippen MR) is 83.7 cm³/mol. The summed E-state index contributed by atoms with van der Waals surface area (Å²) in [6.07, 6.45) is 0. The van der Waals surface area contributed by atoms with Crippen LogP contribution in [-0.2, 0) is 4.79 Å². The number of hydrogen-bond donors (Lipinski definition) is 3. The Morgan fingerprint density at radius 1 is 1.29 bits per heavy atom. The normalized spacial score (nSPS) is 12.0. The van der Waals surface area contributed by atoms with E-state index >= 15 is 0 Å². The summed E-state index contributed by atoms with van der Waals surface area (Å²) in [6.45, 7) is 6.17. The number of carbonyl (C=O) groups excluding carboxylic acids is 2. The number of rotatable bonds is 6. The highest BCUT2D eigenvalue weighted by molar-refractivity contribution is 5.92. The molecule has 3 amide bonds. The highest BCUT2D eigenvalue weighted by Gasteiger charge is 2.17. The lowest BCUT2D eigenvalue weighted by atomic mass is 10.1. The molecule has 0 fully saturated rings. The molecule has 1 aromatic carbocycles. The van der Waals surface area contributed by atoms with Gasteiger partial charge in [0.2, 0.25) is 5.91 Å². The predicted octanol–water partition coefficient (Wildman–Crippen LogP) is 1.68. The van der Waals surface area contributed by atoms with Crippen LogP contribution in [0.1, 0.15) is 32.4 Å². The molecule has 116 valence electrons. The first kappa shape index (κ1) is 17.0. The minimum atomic E-state index is -0.532. The number of amides is 3. The summed E-state index contributed by atoms with van der Waals surface area (Å²) in [5.41, 5.74) is 12.6. The zero-order valence-electron chi connectivity index (χ0n) is 12.8. The van der Waals surface area contributed by atoms with Crippen LogP contribution >= 0.6 is 0 Å². The van der Waals surface area contributed by atoms with Crippen molar-refractivity contribution in [3.8, 4) is 0 Å². The number of nitrogens with one attached hydrogen (secondary N) is 1. The molecule has 6 nitrogen and oxygen atoms in total. The summed E-state index contributed by atoms with van der Waals surface area (Å²) < 4.78 is 0. The molecule has 1 atom stereocenters. The highest BCUT2D eigenvalue weighted by atomic mass is 16.2. The lowest BCUT2D eigenvalue weighted by Crippen LogP contribution is -2.42. The van der Waals surface area contributed by atoms with E-state index in [1.165, 1.54) is 4.90 Å². The second-order valence-electron chi connectivity index (χ2n) is 5.58. The molecule has 0 saturated heterocycles. The number of benzene rings is 1. The Bertz CT molecular complexity index is 500. The van der Waals surface area contributed by atoms with Gasteiger partial charge in [0.1, 0.15) is 6.54 Å². The van der Waals surface area contributed by atoms with Crippen molar-refractivity contribution in [1.29, 1.82) is 0 Å². The van der Waals surface area contributed by atoms with Crippen LogP contribution < -0.4 is 16.8 Å². The molecular formula is C15H24N4O2. The molecule has 0 aliphatic rings. The maximum absolute atomic E-state index is 12.2. The van der Waals surface area contributed by atoms with Crippen LogP contribution in [0, 0.1) is 5.92 Å². The van der Waals surface area contributed by atoms with E-state index in [0.29, 0.717) is 12.2 Å². The number of urea groups is 1. The van der Waals surface area contributed by atoms with Crippen LogP contribution in [0.3, 0.4) is 0 Å². The Kier molecular flexibility index (Phi) is 6.17.